The van der Waals surface area contributed by atoms with Gasteiger partial charge in [0.1, 0.15) is 0 Å². The number of piperidine rings is 2. The zero-order valence-electron chi connectivity index (χ0n) is 5.12. The Kier molecular flexibility index (Phi) is 1.06. The van der Waals surface area contributed by atoms with Crippen LogP contribution < -0.4 is 5.32 Å². The maximum absolute atomic E-state index is 9.20. The molecule has 0 amide bonds. The number of aliphatic hydroxyl groups is 2. The molecule has 1 aliphatic carbocycles. The molecule has 2 aliphatic heterocycles. The van der Waals surface area contributed by atoms with E-state index in [0.717, 1.165) is 13.1 Å². The van der Waals surface area contributed by atoms with Gasteiger partial charge in [0.15, 0.2) is 0 Å². The molecule has 0 aromatic rings. The van der Waals surface area contributed by atoms with Crippen LogP contribution in [0.2, 0.25) is 0 Å². The van der Waals surface area contributed by atoms with Crippen LogP contribution in [0.25, 0.3) is 0 Å². The second-order valence-electron chi connectivity index (χ2n) is 2.97. The molecule has 0 atom stereocenters. The van der Waals surface area contributed by atoms with Crippen LogP contribution in [0, 0.1) is 11.8 Å². The van der Waals surface area contributed by atoms with Crippen LogP contribution in [-0.2, 0) is 0 Å². The van der Waals surface area contributed by atoms with Crippen molar-refractivity contribution < 1.29 is 10.2 Å². The Hall–Kier alpha value is -0.120. The summed E-state index contributed by atoms with van der Waals surface area (Å²) < 4.78 is 0. The Balaban J connectivity index is 2.08. The lowest BCUT2D eigenvalue weighted by Gasteiger charge is -2.50. The van der Waals surface area contributed by atoms with Crippen LogP contribution in [0.4, 0.5) is 0 Å². The third kappa shape index (κ3) is 0.569. The van der Waals surface area contributed by atoms with Gasteiger partial charge in [-0.1, -0.05) is 0 Å². The zero-order valence-corrected chi connectivity index (χ0v) is 5.12. The molecule has 3 fully saturated rings. The SMILES string of the molecule is OC1C2CNCC1C2O. The summed E-state index contributed by atoms with van der Waals surface area (Å²) in [5.41, 5.74) is 0. The molecular weight excluding hydrogens is 118 g/mol. The fraction of sp³-hybridized carbons (Fsp3) is 1.00. The molecule has 52 valence electrons. The third-order valence-electron chi connectivity index (χ3n) is 2.51. The molecule has 0 aromatic heterocycles. The summed E-state index contributed by atoms with van der Waals surface area (Å²) in [5, 5.41) is 21.5. The van der Waals surface area contributed by atoms with Crippen molar-refractivity contribution in [3.8, 4) is 0 Å². The third-order valence-corrected chi connectivity index (χ3v) is 2.51. The van der Waals surface area contributed by atoms with Gasteiger partial charge in [-0.25, -0.2) is 0 Å². The summed E-state index contributed by atoms with van der Waals surface area (Å²) >= 11 is 0. The van der Waals surface area contributed by atoms with E-state index in [1.165, 1.54) is 0 Å². The highest BCUT2D eigenvalue weighted by Gasteiger charge is 2.50. The quantitative estimate of drug-likeness (QED) is 0.375. The van der Waals surface area contributed by atoms with Crippen LogP contribution in [0.3, 0.4) is 0 Å². The molecule has 9 heavy (non-hydrogen) atoms. The first kappa shape index (κ1) is 5.65. The summed E-state index contributed by atoms with van der Waals surface area (Å²) in [6, 6.07) is 0. The lowest BCUT2D eigenvalue weighted by molar-refractivity contribution is -0.166. The number of aliphatic hydroxyl groups excluding tert-OH is 2. The summed E-state index contributed by atoms with van der Waals surface area (Å²) in [6.07, 6.45) is -0.470. The van der Waals surface area contributed by atoms with Crippen molar-refractivity contribution in [1.29, 1.82) is 0 Å². The predicted octanol–water partition coefficient (Wildman–Crippen LogP) is -1.44. The van der Waals surface area contributed by atoms with Crippen molar-refractivity contribution in [2.45, 2.75) is 12.2 Å². The molecule has 3 N–H and O–H groups in total. The summed E-state index contributed by atoms with van der Waals surface area (Å²) in [7, 11) is 0. The van der Waals surface area contributed by atoms with E-state index in [2.05, 4.69) is 5.32 Å². The molecule has 1 saturated carbocycles. The second kappa shape index (κ2) is 1.68. The highest BCUT2D eigenvalue weighted by atomic mass is 16.3. The van der Waals surface area contributed by atoms with E-state index < -0.39 is 0 Å². The van der Waals surface area contributed by atoms with Crippen molar-refractivity contribution in [3.05, 3.63) is 0 Å². The van der Waals surface area contributed by atoms with Gasteiger partial charge in [0.05, 0.1) is 12.2 Å². The first-order chi connectivity index (χ1) is 4.30. The van der Waals surface area contributed by atoms with Gasteiger partial charge in [0.2, 0.25) is 0 Å². The van der Waals surface area contributed by atoms with Crippen LogP contribution in [0.15, 0.2) is 0 Å². The maximum Gasteiger partial charge on any atom is 0.0670 e. The summed E-state index contributed by atoms with van der Waals surface area (Å²) in [4.78, 5) is 0. The van der Waals surface area contributed by atoms with Crippen LogP contribution >= 0.6 is 0 Å². The number of rotatable bonds is 0. The van der Waals surface area contributed by atoms with Gasteiger partial charge in [-0.05, 0) is 0 Å². The van der Waals surface area contributed by atoms with Crippen molar-refractivity contribution in [2.24, 2.45) is 11.8 Å². The Bertz CT molecular complexity index is 106. The minimum absolute atomic E-state index is 0.115. The van der Waals surface area contributed by atoms with E-state index in [-0.39, 0.29) is 24.0 Å². The van der Waals surface area contributed by atoms with Gasteiger partial charge in [0.25, 0.3) is 0 Å². The topological polar surface area (TPSA) is 52.5 Å². The molecule has 2 bridgehead atoms. The molecule has 0 unspecified atom stereocenters. The fourth-order valence-electron chi connectivity index (χ4n) is 1.79. The largest absolute Gasteiger partial charge is 0.392 e. The molecular formula is C6H11NO2. The van der Waals surface area contributed by atoms with E-state index in [1.54, 1.807) is 0 Å². The van der Waals surface area contributed by atoms with Crippen molar-refractivity contribution in [1.82, 2.24) is 5.32 Å². The van der Waals surface area contributed by atoms with Gasteiger partial charge in [-0.15, -0.1) is 0 Å². The average Bonchev–Trinajstić information content (AvgIpc) is 1.91. The lowest BCUT2D eigenvalue weighted by atomic mass is 9.66. The lowest BCUT2D eigenvalue weighted by Crippen LogP contribution is -2.66. The first-order valence-corrected chi connectivity index (χ1v) is 3.37. The number of nitrogens with one attached hydrogen (secondary N) is 1. The molecule has 2 saturated heterocycles. The average molecular weight is 129 g/mol. The molecule has 3 aliphatic rings. The molecule has 0 spiro atoms. The van der Waals surface area contributed by atoms with Crippen molar-refractivity contribution in [3.63, 3.8) is 0 Å². The van der Waals surface area contributed by atoms with Crippen molar-refractivity contribution >= 4 is 0 Å². The molecule has 0 aromatic carbocycles. The number of fused-ring (bicyclic) bond motifs is 2. The second-order valence-corrected chi connectivity index (χ2v) is 2.97. The standard InChI is InChI=1S/C6H11NO2/c8-5-3-1-7-2-4(5)6(3)9/h3-9H,1-2H2. The van der Waals surface area contributed by atoms with Gasteiger partial charge in [-0.2, -0.15) is 0 Å². The maximum atomic E-state index is 9.20. The Morgan fingerprint density at radius 1 is 1.00 bits per heavy atom. The molecule has 2 heterocycles. The summed E-state index contributed by atoms with van der Waals surface area (Å²) in [6.45, 7) is 1.55. The summed E-state index contributed by atoms with van der Waals surface area (Å²) in [5.74, 6) is 0.229. The van der Waals surface area contributed by atoms with Gasteiger partial charge in [0, 0.05) is 24.9 Å². The molecule has 3 heteroatoms. The van der Waals surface area contributed by atoms with Crippen LogP contribution in [-0.4, -0.2) is 35.5 Å². The van der Waals surface area contributed by atoms with E-state index in [4.69, 9.17) is 0 Å². The molecule has 3 rings (SSSR count). The zero-order chi connectivity index (χ0) is 6.43. The van der Waals surface area contributed by atoms with Gasteiger partial charge >= 0.3 is 0 Å². The molecule has 3 nitrogen and oxygen atoms in total. The predicted molar refractivity (Wildman–Crippen MR) is 31.9 cm³/mol. The van der Waals surface area contributed by atoms with E-state index in [9.17, 15) is 10.2 Å². The van der Waals surface area contributed by atoms with Crippen LogP contribution in [0.5, 0.6) is 0 Å². The fourth-order valence-corrected chi connectivity index (χ4v) is 1.79. The highest BCUT2D eigenvalue weighted by molar-refractivity contribution is 5.03. The van der Waals surface area contributed by atoms with Gasteiger partial charge in [-0.3, -0.25) is 0 Å². The van der Waals surface area contributed by atoms with Gasteiger partial charge < -0.3 is 15.5 Å². The Morgan fingerprint density at radius 2 is 1.44 bits per heavy atom. The minimum atomic E-state index is -0.235. The number of hydrogen-bond acceptors (Lipinski definition) is 3. The van der Waals surface area contributed by atoms with Crippen molar-refractivity contribution in [2.75, 3.05) is 13.1 Å². The molecule has 0 radical (unpaired) electrons. The highest BCUT2D eigenvalue weighted by Crippen LogP contribution is 2.36. The monoisotopic (exact) mass is 129 g/mol. The van der Waals surface area contributed by atoms with Crippen LogP contribution in [0.1, 0.15) is 0 Å². The van der Waals surface area contributed by atoms with E-state index >= 15 is 0 Å². The first-order valence-electron chi connectivity index (χ1n) is 3.37. The number of hydrogen-bond donors (Lipinski definition) is 3. The Morgan fingerprint density at radius 3 is 1.67 bits per heavy atom. The van der Waals surface area contributed by atoms with E-state index in [1.807, 2.05) is 0 Å². The van der Waals surface area contributed by atoms with E-state index in [0.29, 0.717) is 0 Å². The smallest absolute Gasteiger partial charge is 0.0670 e. The Labute approximate surface area is 53.7 Å². The minimum Gasteiger partial charge on any atom is -0.392 e. The normalized spacial score (nSPS) is 56.7.